The molecule has 122 valence electrons. The summed E-state index contributed by atoms with van der Waals surface area (Å²) in [6.45, 7) is 1.67. The maximum absolute atomic E-state index is 12.7. The smallest absolute Gasteiger partial charge is 0.247 e. The van der Waals surface area contributed by atoms with Crippen molar-refractivity contribution in [3.63, 3.8) is 0 Å². The maximum Gasteiger partial charge on any atom is 0.247 e. The molecule has 1 aliphatic heterocycles. The van der Waals surface area contributed by atoms with Gasteiger partial charge in [0.15, 0.2) is 0 Å². The Bertz CT molecular complexity index is 816. The number of carbonyl (C=O) groups excluding carboxylic acids is 1. The van der Waals surface area contributed by atoms with Crippen molar-refractivity contribution in [3.05, 3.63) is 58.8 Å². The lowest BCUT2D eigenvalue weighted by Gasteiger charge is -2.33. The predicted molar refractivity (Wildman–Crippen MR) is 90.5 cm³/mol. The van der Waals surface area contributed by atoms with Crippen LogP contribution in [-0.2, 0) is 17.9 Å². The number of carbonyl (C=O) groups is 1. The van der Waals surface area contributed by atoms with Gasteiger partial charge < -0.3 is 10.2 Å². The first-order valence-corrected chi connectivity index (χ1v) is 8.53. The minimum atomic E-state index is -0.396. The summed E-state index contributed by atoms with van der Waals surface area (Å²) in [5.41, 5.74) is 0.977. The number of rotatable bonds is 4. The zero-order valence-electron chi connectivity index (χ0n) is 12.9. The highest BCUT2D eigenvalue weighted by Crippen LogP contribution is 2.23. The Hall–Kier alpha value is -2.74. The summed E-state index contributed by atoms with van der Waals surface area (Å²) >= 11 is 1.63. The van der Waals surface area contributed by atoms with Gasteiger partial charge in [0, 0.05) is 23.5 Å². The Labute approximate surface area is 143 Å². The second kappa shape index (κ2) is 6.40. The van der Waals surface area contributed by atoms with Crippen molar-refractivity contribution >= 4 is 23.2 Å². The standard InChI is InChI=1S/C16H16N6OS/c23-15(19-9-13-3-1-8-24-13)14-11-21(16-17-5-2-6-18-16)10-12-4-7-20-22(12)14/h1-8,14H,9-11H2,(H,19,23)/t14-/m1/s1. The van der Waals surface area contributed by atoms with Gasteiger partial charge >= 0.3 is 0 Å². The summed E-state index contributed by atoms with van der Waals surface area (Å²) in [6.07, 6.45) is 5.14. The summed E-state index contributed by atoms with van der Waals surface area (Å²) in [4.78, 5) is 24.4. The SMILES string of the molecule is O=C(NCc1cccs1)[C@H]1CN(c2ncccn2)Cc2ccnn21. The van der Waals surface area contributed by atoms with Crippen molar-refractivity contribution in [2.24, 2.45) is 0 Å². The van der Waals surface area contributed by atoms with Gasteiger partial charge in [0.05, 0.1) is 25.3 Å². The van der Waals surface area contributed by atoms with E-state index in [1.165, 1.54) is 0 Å². The Kier molecular flexibility index (Phi) is 3.96. The van der Waals surface area contributed by atoms with Gasteiger partial charge in [-0.2, -0.15) is 5.10 Å². The number of amides is 1. The van der Waals surface area contributed by atoms with Crippen LogP contribution in [0.2, 0.25) is 0 Å². The van der Waals surface area contributed by atoms with E-state index in [0.29, 0.717) is 25.6 Å². The first-order chi connectivity index (χ1) is 11.8. The second-order valence-corrected chi connectivity index (χ2v) is 6.54. The molecule has 0 unspecified atom stereocenters. The average Bonchev–Trinajstić information content (AvgIpc) is 3.31. The summed E-state index contributed by atoms with van der Waals surface area (Å²) in [5.74, 6) is 0.579. The highest BCUT2D eigenvalue weighted by Gasteiger charge is 2.31. The molecule has 7 nitrogen and oxygen atoms in total. The molecule has 0 spiro atoms. The van der Waals surface area contributed by atoms with Crippen LogP contribution in [0, 0.1) is 0 Å². The van der Waals surface area contributed by atoms with Crippen LogP contribution < -0.4 is 10.2 Å². The van der Waals surface area contributed by atoms with Crippen molar-refractivity contribution in [3.8, 4) is 0 Å². The maximum atomic E-state index is 12.7. The van der Waals surface area contributed by atoms with E-state index in [1.54, 1.807) is 40.7 Å². The molecule has 0 aromatic carbocycles. The fraction of sp³-hybridized carbons (Fsp3) is 0.250. The van der Waals surface area contributed by atoms with Crippen LogP contribution in [0.5, 0.6) is 0 Å². The minimum absolute atomic E-state index is 0.0472. The van der Waals surface area contributed by atoms with Crippen molar-refractivity contribution in [2.75, 3.05) is 11.4 Å². The van der Waals surface area contributed by atoms with E-state index in [2.05, 4.69) is 20.4 Å². The molecule has 3 aromatic rings. The summed E-state index contributed by atoms with van der Waals surface area (Å²) in [7, 11) is 0. The first-order valence-electron chi connectivity index (χ1n) is 7.66. The molecule has 0 aliphatic carbocycles. The van der Waals surface area contributed by atoms with Gasteiger partial charge in [-0.05, 0) is 23.6 Å². The lowest BCUT2D eigenvalue weighted by Crippen LogP contribution is -2.45. The normalized spacial score (nSPS) is 16.7. The van der Waals surface area contributed by atoms with Gasteiger partial charge in [0.2, 0.25) is 11.9 Å². The largest absolute Gasteiger partial charge is 0.349 e. The molecular weight excluding hydrogens is 324 g/mol. The van der Waals surface area contributed by atoms with Gasteiger partial charge in [-0.25, -0.2) is 9.97 Å². The number of hydrogen-bond donors (Lipinski definition) is 1. The number of aromatic nitrogens is 4. The summed E-state index contributed by atoms with van der Waals surface area (Å²) < 4.78 is 1.79. The van der Waals surface area contributed by atoms with Crippen molar-refractivity contribution < 1.29 is 4.79 Å². The quantitative estimate of drug-likeness (QED) is 0.781. The van der Waals surface area contributed by atoms with Gasteiger partial charge in [-0.3, -0.25) is 9.48 Å². The van der Waals surface area contributed by atoms with Crippen molar-refractivity contribution in [2.45, 2.75) is 19.1 Å². The molecule has 3 aromatic heterocycles. The van der Waals surface area contributed by atoms with Crippen LogP contribution in [0.3, 0.4) is 0 Å². The number of hydrogen-bond acceptors (Lipinski definition) is 6. The van der Waals surface area contributed by atoms with Crippen LogP contribution in [0.15, 0.2) is 48.2 Å². The molecule has 24 heavy (non-hydrogen) atoms. The zero-order valence-corrected chi connectivity index (χ0v) is 13.7. The molecule has 1 N–H and O–H groups in total. The van der Waals surface area contributed by atoms with Gasteiger partial charge in [0.1, 0.15) is 6.04 Å². The monoisotopic (exact) mass is 340 g/mol. The van der Waals surface area contributed by atoms with Crippen LogP contribution in [0.25, 0.3) is 0 Å². The van der Waals surface area contributed by atoms with Crippen LogP contribution in [0.1, 0.15) is 16.6 Å². The fourth-order valence-corrected chi connectivity index (χ4v) is 3.44. The molecular formula is C16H16N6OS. The molecule has 0 bridgehead atoms. The van der Waals surface area contributed by atoms with E-state index >= 15 is 0 Å². The predicted octanol–water partition coefficient (Wildman–Crippen LogP) is 1.61. The number of fused-ring (bicyclic) bond motifs is 1. The molecule has 0 radical (unpaired) electrons. The first kappa shape index (κ1) is 14.8. The number of nitrogens with zero attached hydrogens (tertiary/aromatic N) is 5. The summed E-state index contributed by atoms with van der Waals surface area (Å²) in [5, 5.41) is 9.33. The van der Waals surface area contributed by atoms with Crippen LogP contribution in [-0.4, -0.2) is 32.2 Å². The number of nitrogens with one attached hydrogen (secondary N) is 1. The highest BCUT2D eigenvalue weighted by molar-refractivity contribution is 7.09. The van der Waals surface area contributed by atoms with E-state index in [1.807, 2.05) is 28.5 Å². The average molecular weight is 340 g/mol. The Morgan fingerprint density at radius 1 is 1.25 bits per heavy atom. The van der Waals surface area contributed by atoms with E-state index in [0.717, 1.165) is 10.6 Å². The molecule has 0 fully saturated rings. The number of anilines is 1. The van der Waals surface area contributed by atoms with Crippen molar-refractivity contribution in [1.29, 1.82) is 0 Å². The molecule has 1 aliphatic rings. The minimum Gasteiger partial charge on any atom is -0.349 e. The third-order valence-electron chi connectivity index (χ3n) is 3.95. The third-order valence-corrected chi connectivity index (χ3v) is 4.82. The topological polar surface area (TPSA) is 75.9 Å². The Balaban J connectivity index is 1.54. The number of thiophene rings is 1. The molecule has 8 heteroatoms. The Morgan fingerprint density at radius 2 is 2.12 bits per heavy atom. The van der Waals surface area contributed by atoms with Gasteiger partial charge in [-0.1, -0.05) is 6.07 Å². The molecule has 0 saturated carbocycles. The highest BCUT2D eigenvalue weighted by atomic mass is 32.1. The van der Waals surface area contributed by atoms with Gasteiger partial charge in [-0.15, -0.1) is 11.3 Å². The van der Waals surface area contributed by atoms with Gasteiger partial charge in [0.25, 0.3) is 0 Å². The van der Waals surface area contributed by atoms with E-state index in [-0.39, 0.29) is 5.91 Å². The Morgan fingerprint density at radius 3 is 2.92 bits per heavy atom. The van der Waals surface area contributed by atoms with Crippen LogP contribution in [0.4, 0.5) is 5.95 Å². The van der Waals surface area contributed by atoms with Crippen molar-refractivity contribution in [1.82, 2.24) is 25.1 Å². The fourth-order valence-electron chi connectivity index (χ4n) is 2.80. The molecule has 4 heterocycles. The molecule has 1 amide bonds. The molecule has 4 rings (SSSR count). The molecule has 0 saturated heterocycles. The lowest BCUT2D eigenvalue weighted by atomic mass is 10.2. The summed E-state index contributed by atoms with van der Waals surface area (Å²) in [6, 6.07) is 7.30. The van der Waals surface area contributed by atoms with E-state index in [9.17, 15) is 4.79 Å². The van der Waals surface area contributed by atoms with Crippen LogP contribution >= 0.6 is 11.3 Å². The second-order valence-electron chi connectivity index (χ2n) is 5.51. The third kappa shape index (κ3) is 2.88. The molecule has 1 atom stereocenters. The van der Waals surface area contributed by atoms with E-state index in [4.69, 9.17) is 0 Å². The zero-order chi connectivity index (χ0) is 16.4. The lowest BCUT2D eigenvalue weighted by molar-refractivity contribution is -0.124. The van der Waals surface area contributed by atoms with E-state index < -0.39 is 6.04 Å².